The Morgan fingerprint density at radius 2 is 2.00 bits per heavy atom. The number of allylic oxidation sites excluding steroid dienone is 1. The standard InChI is InChI=1S/C12H21FN2/c1-8-6-7-14-10(3)9(2)12(13)11(4)15(8)5/h9-10,12,14H,1,4,6-7H2,2-3,5H3/t9-,10-,12?/m1/s1. The van der Waals surface area contributed by atoms with Crippen molar-refractivity contribution in [3.63, 3.8) is 0 Å². The molecule has 15 heavy (non-hydrogen) atoms. The van der Waals surface area contributed by atoms with Gasteiger partial charge in [0.1, 0.15) is 6.17 Å². The van der Waals surface area contributed by atoms with Gasteiger partial charge in [-0.15, -0.1) is 0 Å². The maximum atomic E-state index is 14.0. The molecule has 1 aliphatic heterocycles. The van der Waals surface area contributed by atoms with Crippen molar-refractivity contribution < 1.29 is 4.39 Å². The first-order chi connectivity index (χ1) is 6.95. The largest absolute Gasteiger partial charge is 0.350 e. The molecule has 0 aromatic heterocycles. The predicted molar refractivity (Wildman–Crippen MR) is 62.2 cm³/mol. The zero-order valence-corrected chi connectivity index (χ0v) is 9.89. The summed E-state index contributed by atoms with van der Waals surface area (Å²) < 4.78 is 14.0. The highest BCUT2D eigenvalue weighted by Crippen LogP contribution is 2.25. The van der Waals surface area contributed by atoms with E-state index in [1.807, 2.05) is 20.9 Å². The van der Waals surface area contributed by atoms with Crippen LogP contribution in [0.2, 0.25) is 0 Å². The van der Waals surface area contributed by atoms with E-state index in [4.69, 9.17) is 0 Å². The summed E-state index contributed by atoms with van der Waals surface area (Å²) in [6, 6.07) is 0.163. The van der Waals surface area contributed by atoms with Crippen LogP contribution in [0.25, 0.3) is 0 Å². The number of nitrogens with zero attached hydrogens (tertiary/aromatic N) is 1. The van der Waals surface area contributed by atoms with E-state index in [0.29, 0.717) is 5.70 Å². The van der Waals surface area contributed by atoms with Crippen molar-refractivity contribution in [1.29, 1.82) is 0 Å². The third kappa shape index (κ3) is 2.59. The number of alkyl halides is 1. The molecule has 1 heterocycles. The number of rotatable bonds is 0. The van der Waals surface area contributed by atoms with Crippen LogP contribution in [0.5, 0.6) is 0 Å². The molecule has 3 atom stereocenters. The minimum absolute atomic E-state index is 0.0640. The van der Waals surface area contributed by atoms with Gasteiger partial charge in [-0.25, -0.2) is 4.39 Å². The zero-order valence-electron chi connectivity index (χ0n) is 9.89. The second-order valence-corrected chi connectivity index (χ2v) is 4.37. The lowest BCUT2D eigenvalue weighted by molar-refractivity contribution is 0.213. The van der Waals surface area contributed by atoms with Crippen molar-refractivity contribution in [3.8, 4) is 0 Å². The van der Waals surface area contributed by atoms with Crippen LogP contribution in [0.15, 0.2) is 24.6 Å². The van der Waals surface area contributed by atoms with Crippen molar-refractivity contribution in [1.82, 2.24) is 10.2 Å². The molecule has 1 saturated heterocycles. The van der Waals surface area contributed by atoms with E-state index >= 15 is 0 Å². The van der Waals surface area contributed by atoms with Gasteiger partial charge in [0.25, 0.3) is 0 Å². The first-order valence-corrected chi connectivity index (χ1v) is 5.43. The Morgan fingerprint density at radius 3 is 2.60 bits per heavy atom. The van der Waals surface area contributed by atoms with Gasteiger partial charge in [-0.2, -0.15) is 0 Å². The second-order valence-electron chi connectivity index (χ2n) is 4.37. The van der Waals surface area contributed by atoms with Crippen molar-refractivity contribution in [2.75, 3.05) is 13.6 Å². The molecule has 1 unspecified atom stereocenters. The predicted octanol–water partition coefficient (Wildman–Crippen LogP) is 2.30. The summed E-state index contributed by atoms with van der Waals surface area (Å²) in [6.45, 7) is 12.5. The summed E-state index contributed by atoms with van der Waals surface area (Å²) in [7, 11) is 1.83. The molecule has 2 nitrogen and oxygen atoms in total. The molecule has 0 aromatic carbocycles. The summed E-state index contributed by atoms with van der Waals surface area (Å²) >= 11 is 0. The third-order valence-electron chi connectivity index (χ3n) is 3.35. The highest BCUT2D eigenvalue weighted by Gasteiger charge is 2.28. The van der Waals surface area contributed by atoms with E-state index in [9.17, 15) is 4.39 Å². The molecule has 1 aliphatic rings. The van der Waals surface area contributed by atoms with Crippen LogP contribution in [0.3, 0.4) is 0 Å². The molecule has 0 amide bonds. The minimum Gasteiger partial charge on any atom is -0.350 e. The summed E-state index contributed by atoms with van der Waals surface area (Å²) in [4.78, 5) is 1.78. The van der Waals surface area contributed by atoms with Crippen molar-refractivity contribution in [2.24, 2.45) is 5.92 Å². The fourth-order valence-electron chi connectivity index (χ4n) is 1.74. The molecular weight excluding hydrogens is 191 g/mol. The smallest absolute Gasteiger partial charge is 0.143 e. The fraction of sp³-hybridized carbons (Fsp3) is 0.667. The Bertz CT molecular complexity index is 262. The number of hydrogen-bond donors (Lipinski definition) is 1. The molecule has 0 aliphatic carbocycles. The van der Waals surface area contributed by atoms with E-state index in [1.54, 1.807) is 4.90 Å². The van der Waals surface area contributed by atoms with Gasteiger partial charge in [-0.1, -0.05) is 20.1 Å². The fourth-order valence-corrected chi connectivity index (χ4v) is 1.74. The molecule has 1 N–H and O–H groups in total. The maximum absolute atomic E-state index is 14.0. The first-order valence-electron chi connectivity index (χ1n) is 5.43. The van der Waals surface area contributed by atoms with Gasteiger partial charge in [0.05, 0.1) is 0 Å². The van der Waals surface area contributed by atoms with Gasteiger partial charge < -0.3 is 10.2 Å². The molecule has 0 radical (unpaired) electrons. The van der Waals surface area contributed by atoms with Crippen LogP contribution in [0.1, 0.15) is 20.3 Å². The van der Waals surface area contributed by atoms with E-state index in [0.717, 1.165) is 18.7 Å². The third-order valence-corrected chi connectivity index (χ3v) is 3.35. The quantitative estimate of drug-likeness (QED) is 0.663. The lowest BCUT2D eigenvalue weighted by atomic mass is 9.96. The maximum Gasteiger partial charge on any atom is 0.143 e. The van der Waals surface area contributed by atoms with E-state index < -0.39 is 6.17 Å². The molecule has 1 fully saturated rings. The van der Waals surface area contributed by atoms with Crippen LogP contribution in [-0.2, 0) is 0 Å². The summed E-state index contributed by atoms with van der Waals surface area (Å²) in [5, 5.41) is 3.31. The minimum atomic E-state index is -1.01. The second kappa shape index (κ2) is 4.79. The average molecular weight is 212 g/mol. The lowest BCUT2D eigenvalue weighted by Crippen LogP contribution is -2.37. The van der Waals surface area contributed by atoms with Gasteiger partial charge >= 0.3 is 0 Å². The van der Waals surface area contributed by atoms with Crippen molar-refractivity contribution in [3.05, 3.63) is 24.6 Å². The Balaban J connectivity index is 2.86. The van der Waals surface area contributed by atoms with Gasteiger partial charge in [-0.05, 0) is 13.3 Å². The highest BCUT2D eigenvalue weighted by atomic mass is 19.1. The van der Waals surface area contributed by atoms with E-state index in [-0.39, 0.29) is 12.0 Å². The molecule has 3 heteroatoms. The van der Waals surface area contributed by atoms with Crippen LogP contribution < -0.4 is 5.32 Å². The summed E-state index contributed by atoms with van der Waals surface area (Å²) in [5.41, 5.74) is 1.43. The Labute approximate surface area is 91.8 Å². The van der Waals surface area contributed by atoms with Gasteiger partial charge in [0, 0.05) is 36.9 Å². The normalized spacial score (nSPS) is 34.7. The summed E-state index contributed by atoms with van der Waals surface area (Å²) in [6.07, 6.45) is -0.174. The van der Waals surface area contributed by atoms with E-state index in [2.05, 4.69) is 18.5 Å². The van der Waals surface area contributed by atoms with Crippen LogP contribution in [0, 0.1) is 5.92 Å². The Morgan fingerprint density at radius 1 is 1.40 bits per heavy atom. The molecule has 0 aromatic rings. The van der Waals surface area contributed by atoms with Crippen LogP contribution in [-0.4, -0.2) is 30.7 Å². The topological polar surface area (TPSA) is 15.3 Å². The Kier molecular flexibility index (Phi) is 3.91. The highest BCUT2D eigenvalue weighted by molar-refractivity contribution is 5.13. The lowest BCUT2D eigenvalue weighted by Gasteiger charge is -2.28. The van der Waals surface area contributed by atoms with Crippen LogP contribution >= 0.6 is 0 Å². The van der Waals surface area contributed by atoms with E-state index in [1.165, 1.54) is 0 Å². The molecule has 0 saturated carbocycles. The number of halogens is 1. The van der Waals surface area contributed by atoms with Crippen molar-refractivity contribution >= 4 is 0 Å². The summed E-state index contributed by atoms with van der Waals surface area (Å²) in [5.74, 6) is -0.0640. The molecule has 0 spiro atoms. The zero-order chi connectivity index (χ0) is 11.6. The molecular formula is C12H21FN2. The van der Waals surface area contributed by atoms with Crippen LogP contribution in [0.4, 0.5) is 4.39 Å². The Hall–Kier alpha value is -0.830. The number of hydrogen-bond acceptors (Lipinski definition) is 2. The SMILES string of the molecule is C=C1CCN[C@H](C)[C@@H](C)C(F)C(=C)N1C. The monoisotopic (exact) mass is 212 g/mol. The van der Waals surface area contributed by atoms with Gasteiger partial charge in [0.2, 0.25) is 0 Å². The number of nitrogens with one attached hydrogen (secondary N) is 1. The van der Waals surface area contributed by atoms with Gasteiger partial charge in [0.15, 0.2) is 0 Å². The van der Waals surface area contributed by atoms with Crippen molar-refractivity contribution in [2.45, 2.75) is 32.5 Å². The first kappa shape index (κ1) is 12.2. The molecule has 1 rings (SSSR count). The van der Waals surface area contributed by atoms with Gasteiger partial charge in [-0.3, -0.25) is 0 Å². The average Bonchev–Trinajstić information content (AvgIpc) is 2.25. The molecule has 86 valence electrons. The molecule has 0 bridgehead atoms.